The van der Waals surface area contributed by atoms with E-state index in [0.29, 0.717) is 43.0 Å². The van der Waals surface area contributed by atoms with Crippen LogP contribution in [0.25, 0.3) is 0 Å². The molecule has 1 aromatic rings. The molecule has 2 rings (SSSR count). The van der Waals surface area contributed by atoms with Gasteiger partial charge in [0.2, 0.25) is 10.0 Å². The minimum absolute atomic E-state index is 0.0438. The largest absolute Gasteiger partial charge is 0.497 e. The summed E-state index contributed by atoms with van der Waals surface area (Å²) in [5, 5.41) is 2.94. The van der Waals surface area contributed by atoms with Crippen LogP contribution in [0.4, 0.5) is 0 Å². The normalized spacial score (nSPS) is 16.8. The molecule has 0 aliphatic carbocycles. The number of carbonyl (C=O) groups is 1. The molecule has 1 aromatic carbocycles. The minimum atomic E-state index is -3.16. The number of hydrogen-bond donors (Lipinski definition) is 1. The van der Waals surface area contributed by atoms with Crippen molar-refractivity contribution in [1.29, 1.82) is 0 Å². The molecule has 0 aromatic heterocycles. The van der Waals surface area contributed by atoms with Crippen LogP contribution in [0.2, 0.25) is 0 Å². The first-order valence-electron chi connectivity index (χ1n) is 7.32. The van der Waals surface area contributed by atoms with E-state index < -0.39 is 10.0 Å². The fraction of sp³-hybridized carbons (Fsp3) is 0.533. The Morgan fingerprint density at radius 2 is 1.65 bits per heavy atom. The number of amides is 1. The predicted octanol–water partition coefficient (Wildman–Crippen LogP) is 0.858. The van der Waals surface area contributed by atoms with E-state index in [2.05, 4.69) is 5.32 Å². The Kier molecular flexibility index (Phi) is 5.48. The van der Waals surface area contributed by atoms with Gasteiger partial charge in [0.1, 0.15) is 11.5 Å². The van der Waals surface area contributed by atoms with Crippen LogP contribution in [0.5, 0.6) is 11.5 Å². The molecule has 0 spiro atoms. The Hall–Kier alpha value is -1.80. The molecule has 1 heterocycles. The molecule has 0 atom stereocenters. The molecule has 0 saturated carbocycles. The smallest absolute Gasteiger partial charge is 0.251 e. The maximum absolute atomic E-state index is 12.4. The van der Waals surface area contributed by atoms with Gasteiger partial charge in [0.25, 0.3) is 5.91 Å². The van der Waals surface area contributed by atoms with Gasteiger partial charge in [-0.2, -0.15) is 0 Å². The van der Waals surface area contributed by atoms with E-state index in [1.54, 1.807) is 18.2 Å². The zero-order valence-electron chi connectivity index (χ0n) is 13.5. The summed E-state index contributed by atoms with van der Waals surface area (Å²) in [6, 6.07) is 4.94. The number of nitrogens with zero attached hydrogens (tertiary/aromatic N) is 1. The second kappa shape index (κ2) is 7.18. The third kappa shape index (κ3) is 4.59. The summed E-state index contributed by atoms with van der Waals surface area (Å²) in [6.07, 6.45) is 2.40. The summed E-state index contributed by atoms with van der Waals surface area (Å²) < 4.78 is 34.7. The molecule has 1 saturated heterocycles. The van der Waals surface area contributed by atoms with Gasteiger partial charge in [-0.05, 0) is 25.0 Å². The number of sulfonamides is 1. The van der Waals surface area contributed by atoms with Crippen molar-refractivity contribution in [3.05, 3.63) is 23.8 Å². The summed E-state index contributed by atoms with van der Waals surface area (Å²) in [7, 11) is -0.110. The van der Waals surface area contributed by atoms with Gasteiger partial charge >= 0.3 is 0 Å². The number of nitrogens with one attached hydrogen (secondary N) is 1. The Morgan fingerprint density at radius 3 is 2.09 bits per heavy atom. The average Bonchev–Trinajstić information content (AvgIpc) is 2.53. The standard InChI is InChI=1S/C15H22N2O5S/c1-21-13-8-11(9-14(10-13)22-2)15(18)16-12-4-6-17(7-5-12)23(3,19)20/h8-10,12H,4-7H2,1-3H3,(H,16,18). The highest BCUT2D eigenvalue weighted by Gasteiger charge is 2.26. The van der Waals surface area contributed by atoms with E-state index in [4.69, 9.17) is 9.47 Å². The number of methoxy groups -OCH3 is 2. The lowest BCUT2D eigenvalue weighted by atomic mass is 10.1. The number of piperidine rings is 1. The van der Waals surface area contributed by atoms with E-state index in [1.165, 1.54) is 24.8 Å². The average molecular weight is 342 g/mol. The van der Waals surface area contributed by atoms with Crippen LogP contribution in [-0.2, 0) is 10.0 Å². The predicted molar refractivity (Wildman–Crippen MR) is 86.5 cm³/mol. The van der Waals surface area contributed by atoms with Crippen LogP contribution in [-0.4, -0.2) is 58.2 Å². The second-order valence-corrected chi connectivity index (χ2v) is 7.49. The van der Waals surface area contributed by atoms with Crippen molar-refractivity contribution in [3.63, 3.8) is 0 Å². The van der Waals surface area contributed by atoms with E-state index in [0.717, 1.165) is 0 Å². The second-order valence-electron chi connectivity index (χ2n) is 5.51. The molecule has 0 radical (unpaired) electrons. The Bertz CT molecular complexity index is 644. The SMILES string of the molecule is COc1cc(OC)cc(C(=O)NC2CCN(S(C)(=O)=O)CC2)c1. The molecule has 7 nitrogen and oxygen atoms in total. The van der Waals surface area contributed by atoms with Crippen LogP contribution in [0.3, 0.4) is 0 Å². The third-order valence-electron chi connectivity index (χ3n) is 3.87. The van der Waals surface area contributed by atoms with Crippen LogP contribution in [0.15, 0.2) is 18.2 Å². The molecule has 8 heteroatoms. The molecule has 128 valence electrons. The third-order valence-corrected chi connectivity index (χ3v) is 5.17. The maximum Gasteiger partial charge on any atom is 0.251 e. The highest BCUT2D eigenvalue weighted by molar-refractivity contribution is 7.88. The van der Waals surface area contributed by atoms with Crippen LogP contribution in [0.1, 0.15) is 23.2 Å². The van der Waals surface area contributed by atoms with Crippen molar-refractivity contribution in [2.45, 2.75) is 18.9 Å². The van der Waals surface area contributed by atoms with Crippen molar-refractivity contribution in [1.82, 2.24) is 9.62 Å². The van der Waals surface area contributed by atoms with Crippen LogP contribution >= 0.6 is 0 Å². The summed E-state index contributed by atoms with van der Waals surface area (Å²) >= 11 is 0. The van der Waals surface area contributed by atoms with E-state index in [1.807, 2.05) is 0 Å². The van der Waals surface area contributed by atoms with Gasteiger partial charge < -0.3 is 14.8 Å². The van der Waals surface area contributed by atoms with Gasteiger partial charge in [0, 0.05) is 30.8 Å². The van der Waals surface area contributed by atoms with Gasteiger partial charge in [-0.1, -0.05) is 0 Å². The van der Waals surface area contributed by atoms with Gasteiger partial charge in [0.15, 0.2) is 0 Å². The zero-order valence-corrected chi connectivity index (χ0v) is 14.4. The fourth-order valence-corrected chi connectivity index (χ4v) is 3.41. The molecule has 0 bridgehead atoms. The van der Waals surface area contributed by atoms with E-state index in [9.17, 15) is 13.2 Å². The lowest BCUT2D eigenvalue weighted by Crippen LogP contribution is -2.46. The van der Waals surface area contributed by atoms with Gasteiger partial charge in [-0.25, -0.2) is 12.7 Å². The molecule has 1 aliphatic rings. The van der Waals surface area contributed by atoms with E-state index in [-0.39, 0.29) is 11.9 Å². The lowest BCUT2D eigenvalue weighted by molar-refractivity contribution is 0.0923. The summed E-state index contributed by atoms with van der Waals surface area (Å²) in [5.41, 5.74) is 0.451. The lowest BCUT2D eigenvalue weighted by Gasteiger charge is -2.30. The summed E-state index contributed by atoms with van der Waals surface area (Å²) in [6.45, 7) is 0.844. The first-order valence-corrected chi connectivity index (χ1v) is 9.17. The molecule has 1 N–H and O–H groups in total. The highest BCUT2D eigenvalue weighted by Crippen LogP contribution is 2.23. The zero-order chi connectivity index (χ0) is 17.0. The van der Waals surface area contributed by atoms with E-state index >= 15 is 0 Å². The molecular weight excluding hydrogens is 320 g/mol. The molecule has 1 aliphatic heterocycles. The Morgan fingerprint density at radius 1 is 1.13 bits per heavy atom. The van der Waals surface area contributed by atoms with Crippen molar-refractivity contribution >= 4 is 15.9 Å². The molecule has 0 unspecified atom stereocenters. The Labute approximate surface area is 136 Å². The first kappa shape index (κ1) is 17.6. The van der Waals surface area contributed by atoms with Gasteiger partial charge in [-0.3, -0.25) is 4.79 Å². The fourth-order valence-electron chi connectivity index (χ4n) is 2.54. The van der Waals surface area contributed by atoms with Crippen molar-refractivity contribution < 1.29 is 22.7 Å². The topological polar surface area (TPSA) is 84.9 Å². The first-order chi connectivity index (χ1) is 10.8. The number of rotatable bonds is 5. The minimum Gasteiger partial charge on any atom is -0.497 e. The summed E-state index contributed by atoms with van der Waals surface area (Å²) in [5.74, 6) is 0.864. The number of benzene rings is 1. The number of ether oxygens (including phenoxy) is 2. The molecule has 1 fully saturated rings. The quantitative estimate of drug-likeness (QED) is 0.858. The number of hydrogen-bond acceptors (Lipinski definition) is 5. The van der Waals surface area contributed by atoms with Crippen molar-refractivity contribution in [2.75, 3.05) is 33.6 Å². The maximum atomic E-state index is 12.4. The Balaban J connectivity index is 2.00. The monoisotopic (exact) mass is 342 g/mol. The van der Waals surface area contributed by atoms with Gasteiger partial charge in [-0.15, -0.1) is 0 Å². The summed E-state index contributed by atoms with van der Waals surface area (Å²) in [4.78, 5) is 12.4. The van der Waals surface area contributed by atoms with Crippen LogP contribution < -0.4 is 14.8 Å². The highest BCUT2D eigenvalue weighted by atomic mass is 32.2. The van der Waals surface area contributed by atoms with Gasteiger partial charge in [0.05, 0.1) is 20.5 Å². The molecular formula is C15H22N2O5S. The van der Waals surface area contributed by atoms with Crippen molar-refractivity contribution in [3.8, 4) is 11.5 Å². The van der Waals surface area contributed by atoms with Crippen LogP contribution in [0, 0.1) is 0 Å². The molecule has 1 amide bonds. The molecule has 23 heavy (non-hydrogen) atoms. The number of carbonyl (C=O) groups excluding carboxylic acids is 1. The van der Waals surface area contributed by atoms with Crippen molar-refractivity contribution in [2.24, 2.45) is 0 Å².